The number of rotatable bonds is 6. The molecule has 0 radical (unpaired) electrons. The monoisotopic (exact) mass is 283 g/mol. The van der Waals surface area contributed by atoms with Crippen molar-refractivity contribution >= 4 is 17.3 Å². The van der Waals surface area contributed by atoms with E-state index in [9.17, 15) is 4.79 Å². The van der Waals surface area contributed by atoms with E-state index >= 15 is 0 Å². The fraction of sp³-hybridized carbons (Fsp3) is 0.235. The van der Waals surface area contributed by atoms with Gasteiger partial charge in [0, 0.05) is 17.4 Å². The largest absolute Gasteiger partial charge is 0.399 e. The maximum Gasteiger partial charge on any atom is 0.250 e. The fourth-order valence-corrected chi connectivity index (χ4v) is 2.26. The fourth-order valence-electron chi connectivity index (χ4n) is 2.26. The van der Waals surface area contributed by atoms with Gasteiger partial charge in [0.2, 0.25) is 0 Å². The SMILES string of the molecule is C[C@H](CCc1ccccc1)Nc1ccc(N)cc1C(N)=O. The third kappa shape index (κ3) is 4.24. The molecule has 0 saturated carbocycles. The second kappa shape index (κ2) is 6.79. The van der Waals surface area contributed by atoms with Gasteiger partial charge in [0.25, 0.3) is 5.91 Å². The van der Waals surface area contributed by atoms with E-state index in [1.807, 2.05) is 18.2 Å². The van der Waals surface area contributed by atoms with Gasteiger partial charge in [-0.1, -0.05) is 30.3 Å². The average molecular weight is 283 g/mol. The highest BCUT2D eigenvalue weighted by Crippen LogP contribution is 2.20. The van der Waals surface area contributed by atoms with E-state index in [0.29, 0.717) is 11.3 Å². The molecule has 110 valence electrons. The summed E-state index contributed by atoms with van der Waals surface area (Å²) >= 11 is 0. The second-order valence-corrected chi connectivity index (χ2v) is 5.24. The Balaban J connectivity index is 1.99. The highest BCUT2D eigenvalue weighted by atomic mass is 16.1. The van der Waals surface area contributed by atoms with Gasteiger partial charge in [-0.05, 0) is 43.5 Å². The molecule has 0 fully saturated rings. The number of carbonyl (C=O) groups excluding carboxylic acids is 1. The lowest BCUT2D eigenvalue weighted by atomic mass is 10.0. The quantitative estimate of drug-likeness (QED) is 0.713. The van der Waals surface area contributed by atoms with Gasteiger partial charge >= 0.3 is 0 Å². The summed E-state index contributed by atoms with van der Waals surface area (Å²) in [6.07, 6.45) is 1.95. The molecule has 2 rings (SSSR count). The zero-order chi connectivity index (χ0) is 15.2. The van der Waals surface area contributed by atoms with E-state index < -0.39 is 5.91 Å². The summed E-state index contributed by atoms with van der Waals surface area (Å²) in [6.45, 7) is 2.09. The van der Waals surface area contributed by atoms with Crippen LogP contribution < -0.4 is 16.8 Å². The van der Waals surface area contributed by atoms with Crippen LogP contribution >= 0.6 is 0 Å². The third-order valence-corrected chi connectivity index (χ3v) is 3.42. The van der Waals surface area contributed by atoms with Gasteiger partial charge in [-0.15, -0.1) is 0 Å². The van der Waals surface area contributed by atoms with Gasteiger partial charge in [-0.25, -0.2) is 0 Å². The summed E-state index contributed by atoms with van der Waals surface area (Å²) in [5, 5.41) is 3.33. The number of aryl methyl sites for hydroxylation is 1. The maximum absolute atomic E-state index is 11.5. The Morgan fingerprint density at radius 1 is 1.19 bits per heavy atom. The van der Waals surface area contributed by atoms with Crippen LogP contribution in [-0.4, -0.2) is 11.9 Å². The number of amides is 1. The van der Waals surface area contributed by atoms with Crippen molar-refractivity contribution in [3.05, 3.63) is 59.7 Å². The Hall–Kier alpha value is -2.49. The summed E-state index contributed by atoms with van der Waals surface area (Å²) < 4.78 is 0. The van der Waals surface area contributed by atoms with Crippen molar-refractivity contribution in [2.45, 2.75) is 25.8 Å². The number of nitrogens with two attached hydrogens (primary N) is 2. The Labute approximate surface area is 125 Å². The van der Waals surface area contributed by atoms with Crippen LogP contribution in [0.3, 0.4) is 0 Å². The van der Waals surface area contributed by atoms with E-state index in [0.717, 1.165) is 18.5 Å². The van der Waals surface area contributed by atoms with Crippen molar-refractivity contribution in [1.29, 1.82) is 0 Å². The number of nitrogens with one attached hydrogen (secondary N) is 1. The molecule has 0 unspecified atom stereocenters. The summed E-state index contributed by atoms with van der Waals surface area (Å²) in [4.78, 5) is 11.5. The second-order valence-electron chi connectivity index (χ2n) is 5.24. The van der Waals surface area contributed by atoms with Crippen LogP contribution in [0.25, 0.3) is 0 Å². The number of nitrogen functional groups attached to an aromatic ring is 1. The van der Waals surface area contributed by atoms with Crippen molar-refractivity contribution in [3.63, 3.8) is 0 Å². The minimum Gasteiger partial charge on any atom is -0.399 e. The predicted octanol–water partition coefficient (Wildman–Crippen LogP) is 2.80. The lowest BCUT2D eigenvalue weighted by molar-refractivity contribution is 0.100. The summed E-state index contributed by atoms with van der Waals surface area (Å²) in [5.41, 5.74) is 14.1. The number of carbonyl (C=O) groups is 1. The molecule has 2 aromatic rings. The van der Waals surface area contributed by atoms with Crippen LogP contribution in [0.5, 0.6) is 0 Å². The molecule has 2 aromatic carbocycles. The molecule has 0 spiro atoms. The molecule has 0 saturated heterocycles. The van der Waals surface area contributed by atoms with Crippen molar-refractivity contribution in [2.24, 2.45) is 5.73 Å². The molecular weight excluding hydrogens is 262 g/mol. The van der Waals surface area contributed by atoms with Crippen LogP contribution in [0.1, 0.15) is 29.3 Å². The van der Waals surface area contributed by atoms with E-state index in [1.54, 1.807) is 18.2 Å². The first kappa shape index (κ1) is 14.9. The van der Waals surface area contributed by atoms with E-state index in [2.05, 4.69) is 24.4 Å². The van der Waals surface area contributed by atoms with Gasteiger partial charge in [0.15, 0.2) is 0 Å². The van der Waals surface area contributed by atoms with Crippen molar-refractivity contribution in [1.82, 2.24) is 0 Å². The summed E-state index contributed by atoms with van der Waals surface area (Å²) in [7, 11) is 0. The Morgan fingerprint density at radius 2 is 1.90 bits per heavy atom. The lowest BCUT2D eigenvalue weighted by Gasteiger charge is -2.17. The number of benzene rings is 2. The molecule has 4 heteroatoms. The van der Waals surface area contributed by atoms with Gasteiger partial charge in [-0.3, -0.25) is 4.79 Å². The zero-order valence-corrected chi connectivity index (χ0v) is 12.2. The number of anilines is 2. The molecular formula is C17H21N3O. The van der Waals surface area contributed by atoms with Gasteiger partial charge < -0.3 is 16.8 Å². The normalized spacial score (nSPS) is 11.9. The number of hydrogen-bond donors (Lipinski definition) is 3. The first-order valence-electron chi connectivity index (χ1n) is 7.06. The molecule has 1 atom stereocenters. The van der Waals surface area contributed by atoms with E-state index in [-0.39, 0.29) is 6.04 Å². The molecule has 1 amide bonds. The van der Waals surface area contributed by atoms with Crippen LogP contribution in [0.4, 0.5) is 11.4 Å². The van der Waals surface area contributed by atoms with Crippen LogP contribution in [0, 0.1) is 0 Å². The minimum atomic E-state index is -0.472. The molecule has 0 aliphatic carbocycles. The molecule has 0 aromatic heterocycles. The number of primary amides is 1. The molecule has 4 nitrogen and oxygen atoms in total. The Morgan fingerprint density at radius 3 is 2.57 bits per heavy atom. The highest BCUT2D eigenvalue weighted by Gasteiger charge is 2.11. The standard InChI is InChI=1S/C17H21N3O/c1-12(7-8-13-5-3-2-4-6-13)20-16-10-9-14(18)11-15(16)17(19)21/h2-6,9-12,20H,7-8,18H2,1H3,(H2,19,21)/t12-/m1/s1. The third-order valence-electron chi connectivity index (χ3n) is 3.42. The van der Waals surface area contributed by atoms with Crippen molar-refractivity contribution in [2.75, 3.05) is 11.1 Å². The highest BCUT2D eigenvalue weighted by molar-refractivity contribution is 5.99. The van der Waals surface area contributed by atoms with E-state index in [1.165, 1.54) is 5.56 Å². The molecule has 21 heavy (non-hydrogen) atoms. The maximum atomic E-state index is 11.5. The molecule has 5 N–H and O–H groups in total. The summed E-state index contributed by atoms with van der Waals surface area (Å²) in [6, 6.07) is 15.7. The van der Waals surface area contributed by atoms with Crippen LogP contribution in [0.15, 0.2) is 48.5 Å². The van der Waals surface area contributed by atoms with Crippen molar-refractivity contribution in [3.8, 4) is 0 Å². The van der Waals surface area contributed by atoms with Crippen LogP contribution in [-0.2, 0) is 6.42 Å². The molecule has 0 bridgehead atoms. The average Bonchev–Trinajstić information content (AvgIpc) is 2.48. The van der Waals surface area contributed by atoms with Gasteiger partial charge in [0.05, 0.1) is 5.56 Å². The molecule has 0 aliphatic rings. The van der Waals surface area contributed by atoms with Crippen LogP contribution in [0.2, 0.25) is 0 Å². The van der Waals surface area contributed by atoms with Gasteiger partial charge in [0.1, 0.15) is 0 Å². The molecule has 0 heterocycles. The summed E-state index contributed by atoms with van der Waals surface area (Å²) in [5.74, 6) is -0.472. The Kier molecular flexibility index (Phi) is 4.82. The predicted molar refractivity (Wildman–Crippen MR) is 87.2 cm³/mol. The van der Waals surface area contributed by atoms with Gasteiger partial charge in [-0.2, -0.15) is 0 Å². The first-order valence-corrected chi connectivity index (χ1v) is 7.06. The zero-order valence-electron chi connectivity index (χ0n) is 12.2. The first-order chi connectivity index (χ1) is 10.1. The van der Waals surface area contributed by atoms with Crippen molar-refractivity contribution < 1.29 is 4.79 Å². The minimum absolute atomic E-state index is 0.229. The topological polar surface area (TPSA) is 81.1 Å². The smallest absolute Gasteiger partial charge is 0.250 e. The number of hydrogen-bond acceptors (Lipinski definition) is 3. The molecule has 0 aliphatic heterocycles. The van der Waals surface area contributed by atoms with E-state index in [4.69, 9.17) is 11.5 Å². The Bertz CT molecular complexity index is 611. The lowest BCUT2D eigenvalue weighted by Crippen LogP contribution is -2.20.